The molecule has 3 aromatic rings. The van der Waals surface area contributed by atoms with E-state index in [4.69, 9.17) is 4.74 Å². The van der Waals surface area contributed by atoms with Gasteiger partial charge in [0.15, 0.2) is 0 Å². The molecule has 1 amide bonds. The fourth-order valence-corrected chi connectivity index (χ4v) is 3.64. The topological polar surface area (TPSA) is 71.5 Å². The Balaban J connectivity index is 1.53. The van der Waals surface area contributed by atoms with Gasteiger partial charge in [0.2, 0.25) is 5.88 Å². The van der Waals surface area contributed by atoms with E-state index >= 15 is 0 Å². The summed E-state index contributed by atoms with van der Waals surface area (Å²) in [6.07, 6.45) is 3.42. The molecule has 1 saturated carbocycles. The van der Waals surface area contributed by atoms with E-state index in [1.165, 1.54) is 24.3 Å². The number of carbonyl (C=O) groups is 1. The summed E-state index contributed by atoms with van der Waals surface area (Å²) in [7, 11) is 0. The van der Waals surface area contributed by atoms with E-state index in [0.29, 0.717) is 11.4 Å². The lowest BCUT2D eigenvalue weighted by atomic mass is 9.97. The highest BCUT2D eigenvalue weighted by Crippen LogP contribution is 2.46. The van der Waals surface area contributed by atoms with Gasteiger partial charge in [-0.3, -0.25) is 4.79 Å². The molecule has 1 aromatic heterocycles. The molecule has 160 valence electrons. The normalized spacial score (nSPS) is 14.4. The molecule has 5 nitrogen and oxygen atoms in total. The van der Waals surface area contributed by atoms with Gasteiger partial charge in [0.05, 0.1) is 18.2 Å². The summed E-state index contributed by atoms with van der Waals surface area (Å²) in [6.45, 7) is 3.73. The molecule has 31 heavy (non-hydrogen) atoms. The van der Waals surface area contributed by atoms with Crippen LogP contribution in [0.15, 0.2) is 60.8 Å². The van der Waals surface area contributed by atoms with Gasteiger partial charge in [-0.1, -0.05) is 24.3 Å². The molecule has 1 fully saturated rings. The van der Waals surface area contributed by atoms with E-state index < -0.39 is 5.54 Å². The van der Waals surface area contributed by atoms with Crippen LogP contribution in [0.3, 0.4) is 0 Å². The molecule has 0 atom stereocenters. The van der Waals surface area contributed by atoms with Crippen LogP contribution in [0.4, 0.5) is 4.39 Å². The predicted octanol–water partition coefficient (Wildman–Crippen LogP) is 4.59. The third-order valence-electron chi connectivity index (χ3n) is 5.45. The molecule has 1 aliphatic carbocycles. The Morgan fingerprint density at radius 3 is 2.42 bits per heavy atom. The fourth-order valence-electron chi connectivity index (χ4n) is 3.64. The van der Waals surface area contributed by atoms with E-state index in [2.05, 4.69) is 10.3 Å². The van der Waals surface area contributed by atoms with Gasteiger partial charge in [0.1, 0.15) is 5.82 Å². The van der Waals surface area contributed by atoms with E-state index in [-0.39, 0.29) is 24.4 Å². The molecule has 0 saturated heterocycles. The van der Waals surface area contributed by atoms with Crippen molar-refractivity contribution < 1.29 is 19.0 Å². The van der Waals surface area contributed by atoms with Crippen molar-refractivity contribution >= 4 is 5.91 Å². The molecule has 0 aliphatic heterocycles. The lowest BCUT2D eigenvalue weighted by molar-refractivity contribution is 0.0930. The summed E-state index contributed by atoms with van der Waals surface area (Å²) in [5, 5.41) is 12.9. The Labute approximate surface area is 180 Å². The van der Waals surface area contributed by atoms with Gasteiger partial charge >= 0.3 is 0 Å². The smallest absolute Gasteiger partial charge is 0.251 e. The zero-order chi connectivity index (χ0) is 22.0. The van der Waals surface area contributed by atoms with Crippen LogP contribution in [0.5, 0.6) is 5.88 Å². The number of nitrogens with one attached hydrogen (secondary N) is 1. The van der Waals surface area contributed by atoms with Crippen LogP contribution in [0, 0.1) is 5.82 Å². The lowest BCUT2D eigenvalue weighted by Gasteiger charge is -2.19. The van der Waals surface area contributed by atoms with Gasteiger partial charge in [-0.25, -0.2) is 9.37 Å². The largest absolute Gasteiger partial charge is 0.475 e. The molecule has 0 unspecified atom stereocenters. The number of aliphatic hydroxyl groups is 1. The number of halogens is 1. The summed E-state index contributed by atoms with van der Waals surface area (Å²) >= 11 is 0. The Kier molecular flexibility index (Phi) is 5.74. The second kappa shape index (κ2) is 8.47. The molecule has 2 N–H and O–H groups in total. The van der Waals surface area contributed by atoms with Crippen LogP contribution < -0.4 is 10.1 Å². The average molecular weight is 420 g/mol. The van der Waals surface area contributed by atoms with Gasteiger partial charge in [-0.2, -0.15) is 0 Å². The maximum Gasteiger partial charge on any atom is 0.251 e. The third kappa shape index (κ3) is 4.59. The van der Waals surface area contributed by atoms with Crippen LogP contribution in [0.1, 0.15) is 48.2 Å². The SMILES string of the molecule is CC(C)Oc1cc(CO)c(-c2ccc(C3(NC(=O)c4ccc(F)cc4)CC3)cc2)cn1. The maximum absolute atomic E-state index is 13.1. The highest BCUT2D eigenvalue weighted by Gasteiger charge is 2.45. The molecule has 4 rings (SSSR count). The zero-order valence-corrected chi connectivity index (χ0v) is 17.6. The Morgan fingerprint density at radius 1 is 1.16 bits per heavy atom. The number of pyridine rings is 1. The van der Waals surface area contributed by atoms with Gasteiger partial charge < -0.3 is 15.2 Å². The molecule has 2 aromatic carbocycles. The molecule has 6 heteroatoms. The van der Waals surface area contributed by atoms with E-state index in [0.717, 1.165) is 35.1 Å². The number of aliphatic hydroxyl groups excluding tert-OH is 1. The summed E-state index contributed by atoms with van der Waals surface area (Å²) in [6, 6.07) is 15.2. The van der Waals surface area contributed by atoms with Crippen LogP contribution in [0.25, 0.3) is 11.1 Å². The van der Waals surface area contributed by atoms with Crippen molar-refractivity contribution in [3.8, 4) is 17.0 Å². The number of hydrogen-bond acceptors (Lipinski definition) is 4. The van der Waals surface area contributed by atoms with Crippen molar-refractivity contribution in [2.24, 2.45) is 0 Å². The first-order valence-electron chi connectivity index (χ1n) is 10.4. The van der Waals surface area contributed by atoms with Crippen molar-refractivity contribution in [3.63, 3.8) is 0 Å². The van der Waals surface area contributed by atoms with Gasteiger partial charge in [-0.15, -0.1) is 0 Å². The minimum absolute atomic E-state index is 0.00373. The lowest BCUT2D eigenvalue weighted by Crippen LogP contribution is -2.34. The van der Waals surface area contributed by atoms with Crippen LogP contribution in [-0.4, -0.2) is 22.1 Å². The van der Waals surface area contributed by atoms with Crippen molar-refractivity contribution in [3.05, 3.63) is 83.3 Å². The summed E-state index contributed by atoms with van der Waals surface area (Å²) in [5.41, 5.74) is 3.57. The van der Waals surface area contributed by atoms with Crippen molar-refractivity contribution in [1.82, 2.24) is 10.3 Å². The number of rotatable bonds is 7. The number of ether oxygens (including phenoxy) is 1. The van der Waals surface area contributed by atoms with E-state index in [9.17, 15) is 14.3 Å². The fraction of sp³-hybridized carbons (Fsp3) is 0.280. The number of benzene rings is 2. The molecule has 1 aliphatic rings. The van der Waals surface area contributed by atoms with Crippen LogP contribution in [0.2, 0.25) is 0 Å². The number of nitrogens with zero attached hydrogens (tertiary/aromatic N) is 1. The first-order chi connectivity index (χ1) is 14.9. The zero-order valence-electron chi connectivity index (χ0n) is 17.6. The van der Waals surface area contributed by atoms with Crippen molar-refractivity contribution in [2.45, 2.75) is 44.9 Å². The number of carbonyl (C=O) groups excluding carboxylic acids is 1. The molecular formula is C25H25FN2O3. The standard InChI is InChI=1S/C25H25FN2O3/c1-16(2)31-23-13-19(15-29)22(14-27-23)17-3-7-20(8-4-17)25(11-12-25)28-24(30)18-5-9-21(26)10-6-18/h3-10,13-14,16,29H,11-12,15H2,1-2H3,(H,28,30). The summed E-state index contributed by atoms with van der Waals surface area (Å²) < 4.78 is 18.7. The van der Waals surface area contributed by atoms with Gasteiger partial charge in [-0.05, 0) is 67.6 Å². The van der Waals surface area contributed by atoms with Crippen LogP contribution in [-0.2, 0) is 12.1 Å². The highest BCUT2D eigenvalue weighted by atomic mass is 19.1. The van der Waals surface area contributed by atoms with Gasteiger partial charge in [0.25, 0.3) is 5.91 Å². The second-order valence-electron chi connectivity index (χ2n) is 8.12. The van der Waals surface area contributed by atoms with Crippen molar-refractivity contribution in [1.29, 1.82) is 0 Å². The van der Waals surface area contributed by atoms with Crippen molar-refractivity contribution in [2.75, 3.05) is 0 Å². The maximum atomic E-state index is 13.1. The van der Waals surface area contributed by atoms with Crippen LogP contribution >= 0.6 is 0 Å². The first-order valence-corrected chi connectivity index (χ1v) is 10.4. The first kappa shape index (κ1) is 21.0. The molecular weight excluding hydrogens is 395 g/mol. The minimum Gasteiger partial charge on any atom is -0.475 e. The number of aromatic nitrogens is 1. The quantitative estimate of drug-likeness (QED) is 0.587. The molecule has 1 heterocycles. The molecule has 0 bridgehead atoms. The second-order valence-corrected chi connectivity index (χ2v) is 8.12. The number of hydrogen-bond donors (Lipinski definition) is 2. The molecule has 0 radical (unpaired) electrons. The summed E-state index contributed by atoms with van der Waals surface area (Å²) in [5.74, 6) is -0.0947. The molecule has 0 spiro atoms. The van der Waals surface area contributed by atoms with E-state index in [1.54, 1.807) is 12.3 Å². The predicted molar refractivity (Wildman–Crippen MR) is 116 cm³/mol. The Bertz CT molecular complexity index is 1070. The third-order valence-corrected chi connectivity index (χ3v) is 5.45. The highest BCUT2D eigenvalue weighted by molar-refractivity contribution is 5.95. The van der Waals surface area contributed by atoms with Gasteiger partial charge in [0, 0.05) is 23.4 Å². The summed E-state index contributed by atoms with van der Waals surface area (Å²) in [4.78, 5) is 16.9. The average Bonchev–Trinajstić information content (AvgIpc) is 3.54. The monoisotopic (exact) mass is 420 g/mol. The number of amides is 1. The Hall–Kier alpha value is -3.25. The van der Waals surface area contributed by atoms with E-state index in [1.807, 2.05) is 38.1 Å². The Morgan fingerprint density at radius 2 is 1.84 bits per heavy atom. The minimum atomic E-state index is -0.392.